The summed E-state index contributed by atoms with van der Waals surface area (Å²) in [7, 11) is 1.56. The van der Waals surface area contributed by atoms with Crippen molar-refractivity contribution in [3.8, 4) is 11.5 Å². The van der Waals surface area contributed by atoms with E-state index in [0.717, 1.165) is 0 Å². The molecule has 5 rings (SSSR count). The summed E-state index contributed by atoms with van der Waals surface area (Å²) in [5.41, 5.74) is -0.843. The van der Waals surface area contributed by atoms with Crippen LogP contribution in [0.4, 0.5) is 33.7 Å². The average Bonchev–Trinajstić information content (AvgIpc) is 3.15. The van der Waals surface area contributed by atoms with Crippen molar-refractivity contribution < 1.29 is 27.1 Å². The van der Waals surface area contributed by atoms with Gasteiger partial charge in [0, 0.05) is 30.9 Å². The fourth-order valence-corrected chi connectivity index (χ4v) is 3.71. The highest BCUT2D eigenvalue weighted by atomic mass is 19.4. The first kappa shape index (κ1) is 23.8. The van der Waals surface area contributed by atoms with E-state index in [0.29, 0.717) is 51.8 Å². The van der Waals surface area contributed by atoms with E-state index in [1.165, 1.54) is 29.1 Å². The number of hydrogen-bond acceptors (Lipinski definition) is 5. The summed E-state index contributed by atoms with van der Waals surface area (Å²) in [6.07, 6.45) is -1.75. The number of hydrogen-bond donors (Lipinski definition) is 3. The lowest BCUT2D eigenvalue weighted by Gasteiger charge is -2.14. The third-order valence-corrected chi connectivity index (χ3v) is 5.49. The van der Waals surface area contributed by atoms with Gasteiger partial charge in [-0.1, -0.05) is 0 Å². The van der Waals surface area contributed by atoms with Crippen LogP contribution in [0.25, 0.3) is 22.1 Å². The molecular formula is C24H16F4N6O3. The van der Waals surface area contributed by atoms with E-state index in [-0.39, 0.29) is 11.4 Å². The topological polar surface area (TPSA) is 114 Å². The quantitative estimate of drug-likeness (QED) is 0.279. The first-order chi connectivity index (χ1) is 17.6. The molecule has 3 heterocycles. The number of anilines is 2. The second-order valence-electron chi connectivity index (χ2n) is 7.88. The zero-order valence-electron chi connectivity index (χ0n) is 18.9. The number of nitrogens with zero attached hydrogens (tertiary/aromatic N) is 3. The van der Waals surface area contributed by atoms with Crippen molar-refractivity contribution in [2.24, 2.45) is 7.05 Å². The molecule has 0 aliphatic carbocycles. The zero-order valence-corrected chi connectivity index (χ0v) is 18.9. The van der Waals surface area contributed by atoms with Crippen LogP contribution in [0.2, 0.25) is 0 Å². The molecule has 3 aromatic heterocycles. The summed E-state index contributed by atoms with van der Waals surface area (Å²) in [5, 5.41) is 5.04. The molecule has 9 nitrogen and oxygen atoms in total. The van der Waals surface area contributed by atoms with E-state index in [1.807, 2.05) is 0 Å². The molecule has 0 saturated carbocycles. The van der Waals surface area contributed by atoms with Gasteiger partial charge in [0.05, 0.1) is 22.5 Å². The fourth-order valence-electron chi connectivity index (χ4n) is 3.71. The van der Waals surface area contributed by atoms with Crippen LogP contribution in [0.5, 0.6) is 11.5 Å². The SMILES string of the molecule is Cn1c(=O)[nH]c2c(Oc3ccc(NC(=O)Nc4cc(C(F)(F)F)ccc4F)c4ncccc34)ccnc21. The first-order valence-corrected chi connectivity index (χ1v) is 10.7. The highest BCUT2D eigenvalue weighted by molar-refractivity contribution is 6.06. The Morgan fingerprint density at radius 3 is 2.57 bits per heavy atom. The number of H-pyrrole nitrogens is 1. The number of amides is 2. The number of carbonyl (C=O) groups excluding carboxylic acids is 1. The Morgan fingerprint density at radius 2 is 1.78 bits per heavy atom. The first-order valence-electron chi connectivity index (χ1n) is 10.7. The number of nitrogens with one attached hydrogen (secondary N) is 3. The second kappa shape index (κ2) is 8.93. The van der Waals surface area contributed by atoms with Gasteiger partial charge in [-0.15, -0.1) is 0 Å². The molecule has 0 spiro atoms. The molecule has 37 heavy (non-hydrogen) atoms. The predicted molar refractivity (Wildman–Crippen MR) is 127 cm³/mol. The Morgan fingerprint density at radius 1 is 1.00 bits per heavy atom. The number of rotatable bonds is 4. The van der Waals surface area contributed by atoms with Gasteiger partial charge in [0.25, 0.3) is 0 Å². The van der Waals surface area contributed by atoms with Crippen molar-refractivity contribution >= 4 is 39.5 Å². The Labute approximate surface area is 204 Å². The lowest BCUT2D eigenvalue weighted by molar-refractivity contribution is -0.137. The molecular weight excluding hydrogens is 496 g/mol. The zero-order chi connectivity index (χ0) is 26.3. The number of halogens is 4. The lowest BCUT2D eigenvalue weighted by atomic mass is 10.1. The normalized spacial score (nSPS) is 11.6. The van der Waals surface area contributed by atoms with E-state index < -0.39 is 29.3 Å². The minimum atomic E-state index is -4.70. The maximum Gasteiger partial charge on any atom is 0.416 e. The van der Waals surface area contributed by atoms with Crippen LogP contribution in [0.1, 0.15) is 5.56 Å². The Kier molecular flexibility index (Phi) is 5.74. The Bertz CT molecular complexity index is 1730. The maximum atomic E-state index is 14.0. The van der Waals surface area contributed by atoms with Gasteiger partial charge in [0.15, 0.2) is 11.4 Å². The highest BCUT2D eigenvalue weighted by Gasteiger charge is 2.31. The summed E-state index contributed by atoms with van der Waals surface area (Å²) in [6, 6.07) is 8.64. The fraction of sp³-hybridized carbons (Fsp3) is 0.0833. The van der Waals surface area contributed by atoms with Crippen molar-refractivity contribution in [2.75, 3.05) is 10.6 Å². The Hall–Kier alpha value is -4.94. The third kappa shape index (κ3) is 4.53. The highest BCUT2D eigenvalue weighted by Crippen LogP contribution is 2.35. The summed E-state index contributed by atoms with van der Waals surface area (Å²) in [5.74, 6) is -0.362. The molecule has 13 heteroatoms. The van der Waals surface area contributed by atoms with E-state index >= 15 is 0 Å². The molecule has 0 atom stereocenters. The van der Waals surface area contributed by atoms with Crippen LogP contribution in [0.3, 0.4) is 0 Å². The molecule has 2 aromatic carbocycles. The lowest BCUT2D eigenvalue weighted by Crippen LogP contribution is -2.21. The number of carbonyl (C=O) groups is 1. The molecule has 3 N–H and O–H groups in total. The molecule has 0 aliphatic rings. The smallest absolute Gasteiger partial charge is 0.416 e. The largest absolute Gasteiger partial charge is 0.454 e. The number of fused-ring (bicyclic) bond motifs is 2. The van der Waals surface area contributed by atoms with Crippen LogP contribution >= 0.6 is 0 Å². The standard InChI is InChI=1S/C24H16F4N6O3/c1-34-21-20(33-23(34)36)18(8-10-30-21)37-17-7-6-15(19-13(17)3-2-9-29-19)31-22(35)32-16-11-12(24(26,27)28)4-5-14(16)25/h2-11H,1H3,(H,33,36)(H2,31,32,35). The molecule has 0 saturated heterocycles. The molecule has 188 valence electrons. The maximum absolute atomic E-state index is 14.0. The van der Waals surface area contributed by atoms with Gasteiger partial charge in [-0.3, -0.25) is 9.55 Å². The van der Waals surface area contributed by atoms with E-state index in [2.05, 4.69) is 25.6 Å². The van der Waals surface area contributed by atoms with E-state index in [9.17, 15) is 27.2 Å². The van der Waals surface area contributed by atoms with Crippen LogP contribution in [-0.2, 0) is 13.2 Å². The van der Waals surface area contributed by atoms with E-state index in [4.69, 9.17) is 4.74 Å². The second-order valence-corrected chi connectivity index (χ2v) is 7.88. The van der Waals surface area contributed by atoms with Gasteiger partial charge in [0.2, 0.25) is 0 Å². The molecule has 0 radical (unpaired) electrons. The van der Waals surface area contributed by atoms with Crippen LogP contribution in [-0.4, -0.2) is 25.6 Å². The van der Waals surface area contributed by atoms with Crippen molar-refractivity contribution in [2.45, 2.75) is 6.18 Å². The molecule has 0 fully saturated rings. The minimum absolute atomic E-state index is 0.195. The van der Waals surface area contributed by atoms with Crippen LogP contribution < -0.4 is 21.1 Å². The van der Waals surface area contributed by atoms with Crippen LogP contribution in [0, 0.1) is 5.82 Å². The molecule has 2 amide bonds. The predicted octanol–water partition coefficient (Wildman–Crippen LogP) is 5.40. The summed E-state index contributed by atoms with van der Waals surface area (Å²) in [4.78, 5) is 35.6. The third-order valence-electron chi connectivity index (χ3n) is 5.49. The van der Waals surface area contributed by atoms with Gasteiger partial charge in [-0.2, -0.15) is 13.2 Å². The average molecular weight is 512 g/mol. The molecule has 0 aliphatic heterocycles. The monoisotopic (exact) mass is 512 g/mol. The van der Waals surface area contributed by atoms with Gasteiger partial charge in [-0.05, 0) is 42.5 Å². The van der Waals surface area contributed by atoms with Gasteiger partial charge in [0.1, 0.15) is 17.1 Å². The van der Waals surface area contributed by atoms with Crippen LogP contribution in [0.15, 0.2) is 65.7 Å². The molecule has 5 aromatic rings. The number of aromatic nitrogens is 4. The number of pyridine rings is 2. The van der Waals surface area contributed by atoms with Crippen molar-refractivity contribution in [3.05, 3.63) is 82.8 Å². The van der Waals surface area contributed by atoms with Crippen molar-refractivity contribution in [1.29, 1.82) is 0 Å². The number of benzene rings is 2. The summed E-state index contributed by atoms with van der Waals surface area (Å²) in [6.45, 7) is 0. The number of aromatic amines is 1. The molecule has 0 bridgehead atoms. The number of aryl methyl sites for hydroxylation is 1. The van der Waals surface area contributed by atoms with E-state index in [1.54, 1.807) is 25.2 Å². The minimum Gasteiger partial charge on any atom is -0.454 e. The Balaban J connectivity index is 1.44. The number of urea groups is 1. The summed E-state index contributed by atoms with van der Waals surface area (Å²) >= 11 is 0. The van der Waals surface area contributed by atoms with Crippen molar-refractivity contribution in [1.82, 2.24) is 19.5 Å². The van der Waals surface area contributed by atoms with Crippen molar-refractivity contribution in [3.63, 3.8) is 0 Å². The summed E-state index contributed by atoms with van der Waals surface area (Å²) < 4.78 is 60.3. The molecule has 0 unspecified atom stereocenters. The number of imidazole rings is 1. The number of ether oxygens (including phenoxy) is 1. The van der Waals surface area contributed by atoms with Gasteiger partial charge >= 0.3 is 17.9 Å². The van der Waals surface area contributed by atoms with Gasteiger partial charge < -0.3 is 20.4 Å². The van der Waals surface area contributed by atoms with Gasteiger partial charge in [-0.25, -0.2) is 19.0 Å². The number of alkyl halides is 3.